The Hall–Kier alpha value is -2.33. The first-order valence-corrected chi connectivity index (χ1v) is 6.51. The zero-order valence-corrected chi connectivity index (χ0v) is 11.4. The quantitative estimate of drug-likeness (QED) is 0.794. The summed E-state index contributed by atoms with van der Waals surface area (Å²) in [4.78, 5) is 4.62. The van der Waals surface area contributed by atoms with Crippen LogP contribution in [-0.4, -0.2) is 21.6 Å². The second-order valence-corrected chi connectivity index (χ2v) is 4.66. The van der Waals surface area contributed by atoms with E-state index in [2.05, 4.69) is 4.98 Å². The maximum Gasteiger partial charge on any atom is 0.226 e. The van der Waals surface area contributed by atoms with E-state index < -0.39 is 6.10 Å². The molecule has 0 bridgehead atoms. The first-order chi connectivity index (χ1) is 9.72. The molecule has 0 saturated heterocycles. The Morgan fingerprint density at radius 2 is 1.85 bits per heavy atom. The molecule has 1 aromatic carbocycles. The predicted octanol–water partition coefficient (Wildman–Crippen LogP) is 3.06. The molecule has 4 nitrogen and oxygen atoms in total. The number of aliphatic hydroxyl groups is 1. The number of methoxy groups -OCH3 is 1. The Morgan fingerprint density at radius 3 is 2.50 bits per heavy atom. The summed E-state index contributed by atoms with van der Waals surface area (Å²) in [5.41, 5.74) is 3.29. The number of hydrogen-bond acceptors (Lipinski definition) is 3. The van der Waals surface area contributed by atoms with Crippen LogP contribution in [0.15, 0.2) is 48.5 Å². The summed E-state index contributed by atoms with van der Waals surface area (Å²) in [5.74, 6) is 0.641. The fourth-order valence-corrected chi connectivity index (χ4v) is 2.39. The van der Waals surface area contributed by atoms with Gasteiger partial charge in [0.05, 0.1) is 18.9 Å². The molecular formula is C16H16N2O2. The average Bonchev–Trinajstić information content (AvgIpc) is 2.86. The molecule has 0 aliphatic rings. The summed E-state index contributed by atoms with van der Waals surface area (Å²) in [6.45, 7) is 1.73. The summed E-state index contributed by atoms with van der Waals surface area (Å²) in [6, 6.07) is 15.5. The van der Waals surface area contributed by atoms with E-state index >= 15 is 0 Å². The summed E-state index contributed by atoms with van der Waals surface area (Å²) < 4.78 is 7.39. The minimum Gasteiger partial charge on any atom is -0.480 e. The molecule has 20 heavy (non-hydrogen) atoms. The van der Waals surface area contributed by atoms with Gasteiger partial charge in [-0.05, 0) is 19.1 Å². The molecule has 0 saturated carbocycles. The molecule has 1 atom stereocenters. The Kier molecular flexibility index (Phi) is 3.16. The Labute approximate surface area is 117 Å². The molecule has 0 radical (unpaired) electrons. The number of imidazole rings is 1. The summed E-state index contributed by atoms with van der Waals surface area (Å²) >= 11 is 0. The van der Waals surface area contributed by atoms with E-state index in [9.17, 15) is 5.11 Å². The SMILES string of the molecule is COc1c(-c2ccccc2)nc2cccc(C(C)O)n12. The smallest absolute Gasteiger partial charge is 0.226 e. The Balaban J connectivity index is 2.33. The van der Waals surface area contributed by atoms with Gasteiger partial charge in [0.1, 0.15) is 11.3 Å². The van der Waals surface area contributed by atoms with Gasteiger partial charge in [0.2, 0.25) is 5.88 Å². The summed E-state index contributed by atoms with van der Waals surface area (Å²) in [7, 11) is 1.62. The van der Waals surface area contributed by atoms with Crippen molar-refractivity contribution in [2.75, 3.05) is 7.11 Å². The van der Waals surface area contributed by atoms with E-state index in [1.807, 2.05) is 52.9 Å². The van der Waals surface area contributed by atoms with Crippen molar-refractivity contribution in [2.45, 2.75) is 13.0 Å². The van der Waals surface area contributed by atoms with Crippen molar-refractivity contribution >= 4 is 5.65 Å². The fourth-order valence-electron chi connectivity index (χ4n) is 2.39. The molecule has 2 aromatic heterocycles. The highest BCUT2D eigenvalue weighted by atomic mass is 16.5. The van der Waals surface area contributed by atoms with Crippen LogP contribution in [0.1, 0.15) is 18.7 Å². The van der Waals surface area contributed by atoms with Crippen LogP contribution >= 0.6 is 0 Å². The van der Waals surface area contributed by atoms with Gasteiger partial charge in [0.25, 0.3) is 0 Å². The number of ether oxygens (including phenoxy) is 1. The van der Waals surface area contributed by atoms with Gasteiger partial charge in [-0.2, -0.15) is 0 Å². The molecule has 0 aliphatic heterocycles. The molecule has 0 spiro atoms. The van der Waals surface area contributed by atoms with E-state index in [-0.39, 0.29) is 0 Å². The topological polar surface area (TPSA) is 46.8 Å². The highest BCUT2D eigenvalue weighted by Gasteiger charge is 2.18. The Morgan fingerprint density at radius 1 is 1.10 bits per heavy atom. The van der Waals surface area contributed by atoms with E-state index in [0.29, 0.717) is 5.88 Å². The molecule has 2 heterocycles. The molecule has 1 unspecified atom stereocenters. The second kappa shape index (κ2) is 4.98. The number of aromatic nitrogens is 2. The lowest BCUT2D eigenvalue weighted by molar-refractivity contribution is 0.191. The van der Waals surface area contributed by atoms with E-state index in [4.69, 9.17) is 4.74 Å². The van der Waals surface area contributed by atoms with Crippen LogP contribution in [0.4, 0.5) is 0 Å². The minimum absolute atomic E-state index is 0.592. The maximum absolute atomic E-state index is 9.92. The molecule has 0 fully saturated rings. The third-order valence-electron chi connectivity index (χ3n) is 3.30. The van der Waals surface area contributed by atoms with Crippen LogP contribution in [-0.2, 0) is 0 Å². The normalized spacial score (nSPS) is 12.6. The molecule has 102 valence electrons. The molecule has 4 heteroatoms. The first kappa shape index (κ1) is 12.7. The van der Waals surface area contributed by atoms with Crippen LogP contribution in [0.25, 0.3) is 16.9 Å². The van der Waals surface area contributed by atoms with Gasteiger partial charge in [-0.1, -0.05) is 36.4 Å². The van der Waals surface area contributed by atoms with E-state index in [1.165, 1.54) is 0 Å². The third kappa shape index (κ3) is 1.94. The van der Waals surface area contributed by atoms with Crippen molar-refractivity contribution in [2.24, 2.45) is 0 Å². The molecule has 3 aromatic rings. The molecule has 1 N–H and O–H groups in total. The van der Waals surface area contributed by atoms with E-state index in [0.717, 1.165) is 22.6 Å². The van der Waals surface area contributed by atoms with Crippen molar-refractivity contribution in [3.05, 3.63) is 54.2 Å². The van der Waals surface area contributed by atoms with Crippen LogP contribution in [0.3, 0.4) is 0 Å². The molecule has 0 amide bonds. The number of nitrogens with zero attached hydrogens (tertiary/aromatic N) is 2. The van der Waals surface area contributed by atoms with Gasteiger partial charge in [0, 0.05) is 5.56 Å². The second-order valence-electron chi connectivity index (χ2n) is 4.66. The third-order valence-corrected chi connectivity index (χ3v) is 3.30. The first-order valence-electron chi connectivity index (χ1n) is 6.51. The maximum atomic E-state index is 9.92. The standard InChI is InChI=1S/C16H16N2O2/c1-11(19)13-9-6-10-14-17-15(16(20-2)18(13)14)12-7-4-3-5-8-12/h3-11,19H,1-2H3. The zero-order valence-electron chi connectivity index (χ0n) is 11.4. The van der Waals surface area contributed by atoms with E-state index in [1.54, 1.807) is 14.0 Å². The number of hydrogen-bond donors (Lipinski definition) is 1. The van der Waals surface area contributed by atoms with Gasteiger partial charge < -0.3 is 9.84 Å². The monoisotopic (exact) mass is 268 g/mol. The lowest BCUT2D eigenvalue weighted by Crippen LogP contribution is -2.02. The van der Waals surface area contributed by atoms with Crippen LogP contribution < -0.4 is 4.74 Å². The summed E-state index contributed by atoms with van der Waals surface area (Å²) in [5, 5.41) is 9.92. The predicted molar refractivity (Wildman–Crippen MR) is 77.8 cm³/mol. The lowest BCUT2D eigenvalue weighted by atomic mass is 10.2. The van der Waals surface area contributed by atoms with Crippen molar-refractivity contribution in [1.29, 1.82) is 0 Å². The van der Waals surface area contributed by atoms with Gasteiger partial charge in [-0.3, -0.25) is 4.40 Å². The largest absolute Gasteiger partial charge is 0.480 e. The highest BCUT2D eigenvalue weighted by molar-refractivity contribution is 5.69. The minimum atomic E-state index is -0.592. The van der Waals surface area contributed by atoms with Gasteiger partial charge in [0.15, 0.2) is 0 Å². The van der Waals surface area contributed by atoms with Gasteiger partial charge >= 0.3 is 0 Å². The van der Waals surface area contributed by atoms with Gasteiger partial charge in [-0.25, -0.2) is 4.98 Å². The highest BCUT2D eigenvalue weighted by Crippen LogP contribution is 2.32. The van der Waals surface area contributed by atoms with Crippen LogP contribution in [0.5, 0.6) is 5.88 Å². The number of pyridine rings is 1. The number of aliphatic hydroxyl groups excluding tert-OH is 1. The molecule has 3 rings (SSSR count). The number of fused-ring (bicyclic) bond motifs is 1. The van der Waals surface area contributed by atoms with Gasteiger partial charge in [-0.15, -0.1) is 0 Å². The van der Waals surface area contributed by atoms with Crippen LogP contribution in [0, 0.1) is 0 Å². The fraction of sp³-hybridized carbons (Fsp3) is 0.188. The number of rotatable bonds is 3. The summed E-state index contributed by atoms with van der Waals surface area (Å²) in [6.07, 6.45) is -0.592. The van der Waals surface area contributed by atoms with Crippen LogP contribution in [0.2, 0.25) is 0 Å². The zero-order chi connectivity index (χ0) is 14.1. The Bertz CT molecular complexity index is 733. The van der Waals surface area contributed by atoms with Crippen molar-refractivity contribution in [3.63, 3.8) is 0 Å². The number of benzene rings is 1. The van der Waals surface area contributed by atoms with Crippen molar-refractivity contribution < 1.29 is 9.84 Å². The van der Waals surface area contributed by atoms with Crippen molar-refractivity contribution in [1.82, 2.24) is 9.38 Å². The molecule has 0 aliphatic carbocycles. The molecular weight excluding hydrogens is 252 g/mol. The van der Waals surface area contributed by atoms with Crippen molar-refractivity contribution in [3.8, 4) is 17.1 Å². The lowest BCUT2D eigenvalue weighted by Gasteiger charge is -2.10. The average molecular weight is 268 g/mol.